The van der Waals surface area contributed by atoms with Crippen molar-refractivity contribution in [3.8, 4) is 10.6 Å². The van der Waals surface area contributed by atoms with E-state index in [0.717, 1.165) is 45.7 Å². The molecule has 7 heteroatoms. The second kappa shape index (κ2) is 6.40. The number of nitrogens with zero attached hydrogens (tertiary/aromatic N) is 3. The monoisotopic (exact) mass is 399 g/mol. The van der Waals surface area contributed by atoms with Gasteiger partial charge >= 0.3 is 0 Å². The van der Waals surface area contributed by atoms with Crippen LogP contribution in [0.25, 0.3) is 20.8 Å². The first-order chi connectivity index (χ1) is 12.7. The van der Waals surface area contributed by atoms with Crippen LogP contribution in [0.2, 0.25) is 0 Å². The molecule has 1 aliphatic rings. The predicted octanol–water partition coefficient (Wildman–Crippen LogP) is 4.82. The highest BCUT2D eigenvalue weighted by Crippen LogP contribution is 2.35. The Kier molecular flexibility index (Phi) is 4.03. The van der Waals surface area contributed by atoms with Crippen LogP contribution < -0.4 is 5.56 Å². The minimum absolute atomic E-state index is 0.0761. The summed E-state index contributed by atoms with van der Waals surface area (Å²) in [5.74, 6) is 0.698. The molecule has 1 aliphatic carbocycles. The Bertz CT molecular complexity index is 1140. The highest BCUT2D eigenvalue weighted by Gasteiger charge is 2.23. The maximum absolute atomic E-state index is 13.1. The molecule has 132 valence electrons. The van der Waals surface area contributed by atoms with Crippen molar-refractivity contribution in [3.05, 3.63) is 55.0 Å². The van der Waals surface area contributed by atoms with Gasteiger partial charge in [-0.3, -0.25) is 9.36 Å². The van der Waals surface area contributed by atoms with Gasteiger partial charge in [-0.15, -0.1) is 22.7 Å². The molecule has 0 bridgehead atoms. The van der Waals surface area contributed by atoms with Gasteiger partial charge in [0.1, 0.15) is 9.84 Å². The Balaban J connectivity index is 1.52. The molecule has 0 spiro atoms. The summed E-state index contributed by atoms with van der Waals surface area (Å²) in [5.41, 5.74) is 3.38. The number of thiazole rings is 1. The SMILES string of the molecule is C[C@H]1CCc2c(sc3ncn(Cc4csc(-c5ccsc5)n4)c(=O)c23)C1. The Labute approximate surface area is 162 Å². The zero-order valence-corrected chi connectivity index (χ0v) is 16.7. The molecule has 0 aromatic carbocycles. The molecular weight excluding hydrogens is 382 g/mol. The molecule has 0 N–H and O–H groups in total. The quantitative estimate of drug-likeness (QED) is 0.496. The van der Waals surface area contributed by atoms with Gasteiger partial charge in [0.25, 0.3) is 5.56 Å². The molecule has 0 fully saturated rings. The molecule has 4 nitrogen and oxygen atoms in total. The first-order valence-corrected chi connectivity index (χ1v) is 11.3. The smallest absolute Gasteiger partial charge is 0.262 e. The van der Waals surface area contributed by atoms with Crippen LogP contribution in [0.5, 0.6) is 0 Å². The second-order valence-electron chi connectivity index (χ2n) is 6.87. The van der Waals surface area contributed by atoms with Gasteiger partial charge in [-0.05, 0) is 42.2 Å². The third-order valence-electron chi connectivity index (χ3n) is 4.93. The summed E-state index contributed by atoms with van der Waals surface area (Å²) >= 11 is 4.99. The van der Waals surface area contributed by atoms with E-state index in [1.807, 2.05) is 5.38 Å². The third kappa shape index (κ3) is 2.74. The summed E-state index contributed by atoms with van der Waals surface area (Å²) in [4.78, 5) is 24.6. The molecule has 4 heterocycles. The van der Waals surface area contributed by atoms with E-state index < -0.39 is 0 Å². The van der Waals surface area contributed by atoms with Crippen molar-refractivity contribution in [2.24, 2.45) is 5.92 Å². The lowest BCUT2D eigenvalue weighted by Crippen LogP contribution is -2.22. The van der Waals surface area contributed by atoms with E-state index >= 15 is 0 Å². The summed E-state index contributed by atoms with van der Waals surface area (Å²) < 4.78 is 1.71. The van der Waals surface area contributed by atoms with Gasteiger partial charge in [-0.1, -0.05) is 6.92 Å². The maximum atomic E-state index is 13.1. The van der Waals surface area contributed by atoms with E-state index in [4.69, 9.17) is 4.98 Å². The first-order valence-electron chi connectivity index (χ1n) is 8.65. The Morgan fingerprint density at radius 3 is 3.12 bits per heavy atom. The van der Waals surface area contributed by atoms with Crippen LogP contribution in [0.15, 0.2) is 33.3 Å². The summed E-state index contributed by atoms with van der Waals surface area (Å²) in [6, 6.07) is 2.08. The average molecular weight is 400 g/mol. The Morgan fingerprint density at radius 2 is 2.27 bits per heavy atom. The van der Waals surface area contributed by atoms with Gasteiger partial charge < -0.3 is 0 Å². The molecule has 5 rings (SSSR count). The predicted molar refractivity (Wildman–Crippen MR) is 110 cm³/mol. The van der Waals surface area contributed by atoms with Crippen LogP contribution in [-0.4, -0.2) is 14.5 Å². The number of rotatable bonds is 3. The van der Waals surface area contributed by atoms with Crippen LogP contribution in [0.4, 0.5) is 0 Å². The highest BCUT2D eigenvalue weighted by atomic mass is 32.1. The highest BCUT2D eigenvalue weighted by molar-refractivity contribution is 7.18. The number of aryl methyl sites for hydroxylation is 1. The molecule has 0 amide bonds. The Hall–Kier alpha value is -1.83. The lowest BCUT2D eigenvalue weighted by Gasteiger charge is -2.17. The second-order valence-corrected chi connectivity index (χ2v) is 9.59. The summed E-state index contributed by atoms with van der Waals surface area (Å²) in [7, 11) is 0. The van der Waals surface area contributed by atoms with E-state index in [1.165, 1.54) is 10.4 Å². The van der Waals surface area contributed by atoms with Crippen LogP contribution >= 0.6 is 34.0 Å². The minimum Gasteiger partial charge on any atom is -0.293 e. The van der Waals surface area contributed by atoms with Crippen molar-refractivity contribution in [3.63, 3.8) is 0 Å². The van der Waals surface area contributed by atoms with E-state index in [0.29, 0.717) is 12.5 Å². The zero-order chi connectivity index (χ0) is 17.7. The molecular formula is C19H17N3OS3. The lowest BCUT2D eigenvalue weighted by atomic mass is 9.89. The van der Waals surface area contributed by atoms with Gasteiger partial charge in [-0.2, -0.15) is 11.3 Å². The van der Waals surface area contributed by atoms with Crippen LogP contribution in [0, 0.1) is 5.92 Å². The molecule has 4 aromatic heterocycles. The Morgan fingerprint density at radius 1 is 1.35 bits per heavy atom. The summed E-state index contributed by atoms with van der Waals surface area (Å²) in [5, 5.41) is 8.03. The topological polar surface area (TPSA) is 47.8 Å². The van der Waals surface area contributed by atoms with Gasteiger partial charge in [-0.25, -0.2) is 9.97 Å². The molecule has 0 saturated heterocycles. The molecule has 0 radical (unpaired) electrons. The number of thiophene rings is 2. The van der Waals surface area contributed by atoms with Gasteiger partial charge in [0.2, 0.25) is 0 Å². The molecule has 0 aliphatic heterocycles. The maximum Gasteiger partial charge on any atom is 0.262 e. The van der Waals surface area contributed by atoms with E-state index in [9.17, 15) is 4.79 Å². The van der Waals surface area contributed by atoms with Gasteiger partial charge in [0.15, 0.2) is 0 Å². The van der Waals surface area contributed by atoms with Gasteiger partial charge in [0.05, 0.1) is 24.0 Å². The van der Waals surface area contributed by atoms with E-state index in [1.54, 1.807) is 44.9 Å². The number of aromatic nitrogens is 3. The zero-order valence-electron chi connectivity index (χ0n) is 14.3. The number of hydrogen-bond donors (Lipinski definition) is 0. The fraction of sp³-hybridized carbons (Fsp3) is 0.316. The van der Waals surface area contributed by atoms with Crippen LogP contribution in [0.1, 0.15) is 29.5 Å². The fourth-order valence-corrected chi connectivity index (χ4v) is 6.42. The lowest BCUT2D eigenvalue weighted by molar-refractivity contribution is 0.509. The largest absolute Gasteiger partial charge is 0.293 e. The van der Waals surface area contributed by atoms with Crippen molar-refractivity contribution in [2.75, 3.05) is 0 Å². The van der Waals surface area contributed by atoms with Crippen LogP contribution in [0.3, 0.4) is 0 Å². The molecule has 1 atom stereocenters. The minimum atomic E-state index is 0.0761. The third-order valence-corrected chi connectivity index (χ3v) is 7.72. The van der Waals surface area contributed by atoms with Crippen molar-refractivity contribution in [2.45, 2.75) is 32.7 Å². The standard InChI is InChI=1S/C19H17N3OS3/c1-11-2-3-14-15(6-11)26-18-16(14)19(23)22(10-20-18)7-13-9-25-17(21-13)12-4-5-24-8-12/h4-5,8-11H,2-3,6-7H2,1H3/t11-/m0/s1. The van der Waals surface area contributed by atoms with Crippen LogP contribution in [-0.2, 0) is 19.4 Å². The van der Waals surface area contributed by atoms with Crippen molar-refractivity contribution < 1.29 is 0 Å². The molecule has 0 saturated carbocycles. The van der Waals surface area contributed by atoms with E-state index in [2.05, 4.69) is 28.7 Å². The number of hydrogen-bond acceptors (Lipinski definition) is 6. The molecule has 0 unspecified atom stereocenters. The van der Waals surface area contributed by atoms with Crippen molar-refractivity contribution in [1.29, 1.82) is 0 Å². The van der Waals surface area contributed by atoms with Gasteiger partial charge in [0, 0.05) is 21.2 Å². The van der Waals surface area contributed by atoms with Crippen molar-refractivity contribution in [1.82, 2.24) is 14.5 Å². The summed E-state index contributed by atoms with van der Waals surface area (Å²) in [6.07, 6.45) is 4.91. The normalized spacial score (nSPS) is 16.9. The van der Waals surface area contributed by atoms with E-state index in [-0.39, 0.29) is 5.56 Å². The first kappa shape index (κ1) is 16.4. The average Bonchev–Trinajstić information content (AvgIpc) is 3.35. The molecule has 4 aromatic rings. The summed E-state index contributed by atoms with van der Waals surface area (Å²) in [6.45, 7) is 2.76. The molecule has 26 heavy (non-hydrogen) atoms. The van der Waals surface area contributed by atoms with Crippen molar-refractivity contribution >= 4 is 44.2 Å². The fourth-order valence-electron chi connectivity index (χ4n) is 3.55. The number of fused-ring (bicyclic) bond motifs is 3.